The van der Waals surface area contributed by atoms with Gasteiger partial charge in [0.2, 0.25) is 0 Å². The van der Waals surface area contributed by atoms with Gasteiger partial charge in [-0.15, -0.1) is 0 Å². The SMILES string of the molecule is CC(C)(C)[S@](=O)N1Cc2cc(C(=O)N3CCCCC3)nc(-c3cccc(Br)c3)c2[C@@H]1CCO. The lowest BCUT2D eigenvalue weighted by Crippen LogP contribution is -2.36. The first-order valence-electron chi connectivity index (χ1n) is 11.6. The molecule has 1 aromatic carbocycles. The third-order valence-corrected chi connectivity index (χ3v) is 8.60. The van der Waals surface area contributed by atoms with Crippen LogP contribution < -0.4 is 0 Å². The average molecular weight is 535 g/mol. The molecule has 0 aliphatic carbocycles. The van der Waals surface area contributed by atoms with Gasteiger partial charge in [0, 0.05) is 41.8 Å². The summed E-state index contributed by atoms with van der Waals surface area (Å²) in [5.74, 6) is -0.0390. The number of hydrogen-bond donors (Lipinski definition) is 1. The van der Waals surface area contributed by atoms with E-state index in [1.54, 1.807) is 0 Å². The summed E-state index contributed by atoms with van der Waals surface area (Å²) in [6.07, 6.45) is 3.65. The molecule has 1 aromatic heterocycles. The first kappa shape index (κ1) is 24.5. The van der Waals surface area contributed by atoms with Gasteiger partial charge in [-0.05, 0) is 70.2 Å². The molecule has 1 N–H and O–H groups in total. The quantitative estimate of drug-likeness (QED) is 0.596. The van der Waals surface area contributed by atoms with Crippen molar-refractivity contribution in [2.45, 2.75) is 63.8 Å². The average Bonchev–Trinajstić information content (AvgIpc) is 3.15. The number of carbonyl (C=O) groups excluding carboxylic acids is 1. The molecule has 4 rings (SSSR count). The molecule has 178 valence electrons. The van der Waals surface area contributed by atoms with E-state index in [1.165, 1.54) is 0 Å². The van der Waals surface area contributed by atoms with Crippen LogP contribution in [-0.4, -0.2) is 53.9 Å². The van der Waals surface area contributed by atoms with E-state index in [1.807, 2.05) is 60.3 Å². The number of aliphatic hydroxyl groups is 1. The fraction of sp³-hybridized carbons (Fsp3) is 0.520. The molecular weight excluding hydrogens is 502 g/mol. The molecule has 0 unspecified atom stereocenters. The van der Waals surface area contributed by atoms with E-state index >= 15 is 0 Å². The minimum Gasteiger partial charge on any atom is -0.396 e. The topological polar surface area (TPSA) is 73.7 Å². The van der Waals surface area contributed by atoms with E-state index in [4.69, 9.17) is 4.98 Å². The highest BCUT2D eigenvalue weighted by molar-refractivity contribution is 9.10. The summed E-state index contributed by atoms with van der Waals surface area (Å²) in [7, 11) is -1.27. The predicted octanol–water partition coefficient (Wildman–Crippen LogP) is 4.84. The lowest BCUT2D eigenvalue weighted by molar-refractivity contribution is 0.0718. The van der Waals surface area contributed by atoms with Crippen molar-refractivity contribution in [3.05, 3.63) is 51.6 Å². The summed E-state index contributed by atoms with van der Waals surface area (Å²) in [6, 6.07) is 9.55. The maximum absolute atomic E-state index is 13.4. The lowest BCUT2D eigenvalue weighted by atomic mass is 9.96. The van der Waals surface area contributed by atoms with Gasteiger partial charge in [0.15, 0.2) is 0 Å². The molecule has 2 aromatic rings. The van der Waals surface area contributed by atoms with Gasteiger partial charge in [-0.1, -0.05) is 28.1 Å². The molecule has 2 atom stereocenters. The van der Waals surface area contributed by atoms with E-state index in [0.717, 1.165) is 59.2 Å². The maximum atomic E-state index is 13.4. The second kappa shape index (κ2) is 9.94. The standard InChI is InChI=1S/C25H32BrN3O3S/c1-25(2,3)33(32)29-16-18-15-20(24(31)28-11-5-4-6-12-28)27-23(22(18)21(29)10-13-30)17-8-7-9-19(26)14-17/h7-9,14-15,21,30H,4-6,10-13,16H2,1-3H3/t21-,33-/m0/s1. The van der Waals surface area contributed by atoms with Crippen LogP contribution in [0.1, 0.15) is 74.1 Å². The second-order valence-electron chi connectivity index (χ2n) is 9.76. The van der Waals surface area contributed by atoms with E-state index < -0.39 is 15.7 Å². The number of aromatic nitrogens is 1. The van der Waals surface area contributed by atoms with E-state index in [0.29, 0.717) is 18.7 Å². The molecule has 0 saturated carbocycles. The van der Waals surface area contributed by atoms with Crippen molar-refractivity contribution in [2.75, 3.05) is 19.7 Å². The third kappa shape index (κ3) is 5.09. The maximum Gasteiger partial charge on any atom is 0.272 e. The minimum atomic E-state index is -1.27. The number of rotatable bonds is 5. The summed E-state index contributed by atoms with van der Waals surface area (Å²) in [5.41, 5.74) is 4.02. The van der Waals surface area contributed by atoms with Crippen LogP contribution >= 0.6 is 15.9 Å². The van der Waals surface area contributed by atoms with E-state index in [2.05, 4.69) is 15.9 Å². The number of aliphatic hydroxyl groups excluding tert-OH is 1. The van der Waals surface area contributed by atoms with Gasteiger partial charge >= 0.3 is 0 Å². The fourth-order valence-electron chi connectivity index (χ4n) is 4.69. The zero-order chi connectivity index (χ0) is 23.8. The van der Waals surface area contributed by atoms with Crippen molar-refractivity contribution >= 4 is 32.8 Å². The zero-order valence-electron chi connectivity index (χ0n) is 19.5. The first-order valence-corrected chi connectivity index (χ1v) is 13.5. The number of hydrogen-bond acceptors (Lipinski definition) is 4. The van der Waals surface area contributed by atoms with Gasteiger partial charge < -0.3 is 10.0 Å². The number of piperidine rings is 1. The van der Waals surface area contributed by atoms with Crippen LogP contribution in [-0.2, 0) is 17.5 Å². The van der Waals surface area contributed by atoms with Crippen LogP contribution in [0.15, 0.2) is 34.8 Å². The highest BCUT2D eigenvalue weighted by Crippen LogP contribution is 2.44. The van der Waals surface area contributed by atoms with Crippen LogP contribution in [0.25, 0.3) is 11.3 Å². The molecule has 0 bridgehead atoms. The number of pyridine rings is 1. The Morgan fingerprint density at radius 1 is 1.21 bits per heavy atom. The van der Waals surface area contributed by atoms with E-state index in [-0.39, 0.29) is 18.6 Å². The van der Waals surface area contributed by atoms with Crippen molar-refractivity contribution in [2.24, 2.45) is 0 Å². The fourth-order valence-corrected chi connectivity index (χ4v) is 6.49. The van der Waals surface area contributed by atoms with Gasteiger partial charge in [-0.2, -0.15) is 0 Å². The van der Waals surface area contributed by atoms with Gasteiger partial charge in [-0.3, -0.25) is 4.79 Å². The Hall–Kier alpha value is -1.61. The molecule has 8 heteroatoms. The first-order chi connectivity index (χ1) is 15.7. The molecule has 1 amide bonds. The Bertz CT molecular complexity index is 1060. The Morgan fingerprint density at radius 2 is 1.94 bits per heavy atom. The molecule has 2 aliphatic heterocycles. The normalized spacial score (nSPS) is 20.0. The van der Waals surface area contributed by atoms with Crippen LogP contribution in [0.2, 0.25) is 0 Å². The van der Waals surface area contributed by atoms with Crippen LogP contribution in [0.4, 0.5) is 0 Å². The molecule has 0 spiro atoms. The lowest BCUT2D eigenvalue weighted by Gasteiger charge is -2.30. The number of amides is 1. The summed E-state index contributed by atoms with van der Waals surface area (Å²) in [6.45, 7) is 7.85. The van der Waals surface area contributed by atoms with Crippen molar-refractivity contribution in [3.63, 3.8) is 0 Å². The van der Waals surface area contributed by atoms with Gasteiger partial charge in [0.1, 0.15) is 16.7 Å². The highest BCUT2D eigenvalue weighted by Gasteiger charge is 2.40. The number of carbonyl (C=O) groups is 1. The summed E-state index contributed by atoms with van der Waals surface area (Å²) in [5, 5.41) is 9.86. The van der Waals surface area contributed by atoms with Crippen LogP contribution in [0, 0.1) is 0 Å². The van der Waals surface area contributed by atoms with Crippen molar-refractivity contribution < 1.29 is 14.1 Å². The van der Waals surface area contributed by atoms with Gasteiger partial charge in [0.25, 0.3) is 5.91 Å². The molecule has 1 fully saturated rings. The minimum absolute atomic E-state index is 0.0195. The van der Waals surface area contributed by atoms with Crippen molar-refractivity contribution in [1.82, 2.24) is 14.2 Å². The number of fused-ring (bicyclic) bond motifs is 1. The summed E-state index contributed by atoms with van der Waals surface area (Å²) in [4.78, 5) is 20.2. The highest BCUT2D eigenvalue weighted by atomic mass is 79.9. The van der Waals surface area contributed by atoms with Gasteiger partial charge in [-0.25, -0.2) is 13.5 Å². The Labute approximate surface area is 207 Å². The summed E-state index contributed by atoms with van der Waals surface area (Å²) >= 11 is 3.56. The number of likely N-dealkylation sites (tertiary alicyclic amines) is 1. The number of nitrogens with zero attached hydrogens (tertiary/aromatic N) is 3. The zero-order valence-corrected chi connectivity index (χ0v) is 21.9. The Kier molecular flexibility index (Phi) is 7.38. The largest absolute Gasteiger partial charge is 0.396 e. The molecule has 1 saturated heterocycles. The molecular formula is C25H32BrN3O3S. The van der Waals surface area contributed by atoms with Gasteiger partial charge in [0.05, 0.1) is 16.5 Å². The van der Waals surface area contributed by atoms with Crippen molar-refractivity contribution in [3.8, 4) is 11.3 Å². The Morgan fingerprint density at radius 3 is 2.58 bits per heavy atom. The molecule has 0 radical (unpaired) electrons. The van der Waals surface area contributed by atoms with Crippen molar-refractivity contribution in [1.29, 1.82) is 0 Å². The number of benzene rings is 1. The molecule has 6 nitrogen and oxygen atoms in total. The smallest absolute Gasteiger partial charge is 0.272 e. The monoisotopic (exact) mass is 533 g/mol. The predicted molar refractivity (Wildman–Crippen MR) is 135 cm³/mol. The molecule has 3 heterocycles. The second-order valence-corrected chi connectivity index (χ2v) is 12.9. The molecule has 33 heavy (non-hydrogen) atoms. The Balaban J connectivity index is 1.85. The third-order valence-electron chi connectivity index (χ3n) is 6.25. The summed E-state index contributed by atoms with van der Waals surface area (Å²) < 4.78 is 15.9. The number of halogens is 1. The van der Waals surface area contributed by atoms with Crippen LogP contribution in [0.5, 0.6) is 0 Å². The van der Waals surface area contributed by atoms with Crippen LogP contribution in [0.3, 0.4) is 0 Å². The van der Waals surface area contributed by atoms with E-state index in [9.17, 15) is 14.1 Å². The molecule has 2 aliphatic rings.